The van der Waals surface area contributed by atoms with Gasteiger partial charge >= 0.3 is 0 Å². The van der Waals surface area contributed by atoms with E-state index in [1.54, 1.807) is 18.2 Å². The lowest BCUT2D eigenvalue weighted by Crippen LogP contribution is -2.37. The van der Waals surface area contributed by atoms with E-state index in [-0.39, 0.29) is 11.5 Å². The predicted molar refractivity (Wildman–Crippen MR) is 129 cm³/mol. The van der Waals surface area contributed by atoms with E-state index in [2.05, 4.69) is 25.5 Å². The van der Waals surface area contributed by atoms with Gasteiger partial charge in [-0.1, -0.05) is 18.2 Å². The lowest BCUT2D eigenvalue weighted by molar-refractivity contribution is 0.102. The van der Waals surface area contributed by atoms with Gasteiger partial charge in [-0.05, 0) is 43.7 Å². The smallest absolute Gasteiger partial charge is 0.263 e. The van der Waals surface area contributed by atoms with Gasteiger partial charge in [0.1, 0.15) is 5.82 Å². The van der Waals surface area contributed by atoms with Crippen LogP contribution in [0.15, 0.2) is 48.5 Å². The number of hydrogen-bond acceptors (Lipinski definition) is 6. The minimum atomic E-state index is -2.60. The molecule has 178 valence electrons. The molecule has 2 aromatic carbocycles. The van der Waals surface area contributed by atoms with E-state index in [4.69, 9.17) is 4.74 Å². The second-order valence-corrected chi connectivity index (χ2v) is 7.97. The maximum Gasteiger partial charge on any atom is 0.263 e. The fourth-order valence-corrected chi connectivity index (χ4v) is 3.76. The molecule has 9 heteroatoms. The second kappa shape index (κ2) is 10.6. The number of benzene rings is 2. The Hall–Kier alpha value is -3.59. The Morgan fingerprint density at radius 2 is 1.91 bits per heavy atom. The Bertz CT molecular complexity index is 1170. The summed E-state index contributed by atoms with van der Waals surface area (Å²) in [5.41, 5.74) is 3.01. The molecule has 1 aromatic heterocycles. The van der Waals surface area contributed by atoms with Crippen molar-refractivity contribution in [1.29, 1.82) is 0 Å². The van der Waals surface area contributed by atoms with Crippen LogP contribution in [0.5, 0.6) is 0 Å². The summed E-state index contributed by atoms with van der Waals surface area (Å²) in [6.45, 7) is 7.35. The lowest BCUT2D eigenvalue weighted by Gasteiger charge is -2.28. The molecule has 34 heavy (non-hydrogen) atoms. The minimum Gasteiger partial charge on any atom is -0.378 e. The Morgan fingerprint density at radius 3 is 2.65 bits per heavy atom. The molecule has 1 fully saturated rings. The third-order valence-electron chi connectivity index (χ3n) is 5.55. The third kappa shape index (κ3) is 5.48. The molecule has 0 unspecified atom stereocenters. The van der Waals surface area contributed by atoms with E-state index < -0.39 is 6.43 Å². The van der Waals surface area contributed by atoms with Crippen molar-refractivity contribution in [1.82, 2.24) is 9.97 Å². The van der Waals surface area contributed by atoms with Crippen LogP contribution in [0.1, 0.15) is 34.8 Å². The van der Waals surface area contributed by atoms with Gasteiger partial charge in [0.15, 0.2) is 0 Å². The van der Waals surface area contributed by atoms with Crippen molar-refractivity contribution in [2.75, 3.05) is 48.4 Å². The van der Waals surface area contributed by atoms with Crippen molar-refractivity contribution >= 4 is 23.4 Å². The summed E-state index contributed by atoms with van der Waals surface area (Å²) in [6.07, 6.45) is -2.60. The zero-order valence-corrected chi connectivity index (χ0v) is 19.1. The third-order valence-corrected chi connectivity index (χ3v) is 5.55. The topological polar surface area (TPSA) is 79.4 Å². The highest BCUT2D eigenvalue weighted by Crippen LogP contribution is 2.28. The number of alkyl halides is 2. The summed E-state index contributed by atoms with van der Waals surface area (Å²) >= 11 is 0. The molecule has 0 spiro atoms. The molecule has 1 aliphatic rings. The first-order valence-electron chi connectivity index (χ1n) is 11.2. The van der Waals surface area contributed by atoms with E-state index in [0.717, 1.165) is 30.0 Å². The molecule has 2 N–H and O–H groups in total. The number of amides is 1. The van der Waals surface area contributed by atoms with Crippen LogP contribution in [-0.4, -0.2) is 48.7 Å². The maximum atomic E-state index is 13.0. The van der Waals surface area contributed by atoms with E-state index in [1.165, 1.54) is 18.2 Å². The number of nitrogens with zero attached hydrogens (tertiary/aromatic N) is 3. The molecule has 4 rings (SSSR count). The quantitative estimate of drug-likeness (QED) is 0.514. The van der Waals surface area contributed by atoms with Crippen LogP contribution in [0.3, 0.4) is 0 Å². The summed E-state index contributed by atoms with van der Waals surface area (Å²) in [4.78, 5) is 24.4. The molecule has 3 aromatic rings. The zero-order valence-electron chi connectivity index (χ0n) is 19.1. The average molecular weight is 468 g/mol. The summed E-state index contributed by atoms with van der Waals surface area (Å²) in [7, 11) is 0. The summed E-state index contributed by atoms with van der Waals surface area (Å²) < 4.78 is 31.5. The van der Waals surface area contributed by atoms with Crippen LogP contribution in [0.4, 0.5) is 26.2 Å². The Morgan fingerprint density at radius 1 is 1.12 bits per heavy atom. The van der Waals surface area contributed by atoms with E-state index >= 15 is 0 Å². The van der Waals surface area contributed by atoms with Crippen LogP contribution in [0.2, 0.25) is 0 Å². The largest absolute Gasteiger partial charge is 0.378 e. The highest BCUT2D eigenvalue weighted by atomic mass is 19.3. The molecule has 0 radical (unpaired) electrons. The van der Waals surface area contributed by atoms with Gasteiger partial charge in [-0.2, -0.15) is 4.98 Å². The van der Waals surface area contributed by atoms with Gasteiger partial charge in [-0.3, -0.25) is 4.79 Å². The Kier molecular flexibility index (Phi) is 7.32. The van der Waals surface area contributed by atoms with Gasteiger partial charge < -0.3 is 20.3 Å². The molecule has 0 saturated carbocycles. The van der Waals surface area contributed by atoms with Gasteiger partial charge in [0.2, 0.25) is 5.95 Å². The van der Waals surface area contributed by atoms with Crippen molar-refractivity contribution < 1.29 is 18.3 Å². The number of nitrogens with one attached hydrogen (secondary N) is 2. The van der Waals surface area contributed by atoms with Gasteiger partial charge in [0.05, 0.1) is 18.9 Å². The Balaban J connectivity index is 1.65. The zero-order chi connectivity index (χ0) is 24.1. The fourth-order valence-electron chi connectivity index (χ4n) is 3.76. The van der Waals surface area contributed by atoms with Crippen LogP contribution >= 0.6 is 0 Å². The number of morpholine rings is 1. The van der Waals surface area contributed by atoms with Gasteiger partial charge in [-0.15, -0.1) is 0 Å². The monoisotopic (exact) mass is 467 g/mol. The normalized spacial score (nSPS) is 13.7. The highest BCUT2D eigenvalue weighted by Gasteiger charge is 2.18. The SMILES string of the molecule is CCNc1nc(-c2cc(C(=O)Nc3cccc(C(F)F)c3)ccc2C)cc(N2CCOCC2)n1. The fraction of sp³-hybridized carbons (Fsp3) is 0.320. The molecular formula is C25H27F2N5O2. The van der Waals surface area contributed by atoms with Crippen molar-refractivity contribution in [2.45, 2.75) is 20.3 Å². The van der Waals surface area contributed by atoms with Gasteiger partial charge in [0, 0.05) is 48.1 Å². The first kappa shape index (κ1) is 23.6. The first-order chi connectivity index (χ1) is 16.4. The molecule has 1 aliphatic heterocycles. The number of carbonyl (C=O) groups excluding carboxylic acids is 1. The standard InChI is InChI=1S/C25H27F2N5O2/c1-3-28-25-30-21(15-22(31-25)32-9-11-34-12-10-32)20-14-18(8-7-16(20)2)24(33)29-19-6-4-5-17(13-19)23(26)27/h4-8,13-15,23H,3,9-12H2,1-2H3,(H,29,33)(H,28,30,31). The van der Waals surface area contributed by atoms with Crippen LogP contribution in [-0.2, 0) is 4.74 Å². The highest BCUT2D eigenvalue weighted by molar-refractivity contribution is 6.05. The molecule has 0 atom stereocenters. The van der Waals surface area contributed by atoms with E-state index in [0.29, 0.717) is 42.7 Å². The van der Waals surface area contributed by atoms with E-state index in [1.807, 2.05) is 26.0 Å². The predicted octanol–water partition coefficient (Wildman–Crippen LogP) is 4.91. The van der Waals surface area contributed by atoms with Crippen molar-refractivity contribution in [2.24, 2.45) is 0 Å². The number of halogens is 2. The molecule has 1 amide bonds. The van der Waals surface area contributed by atoms with Crippen molar-refractivity contribution in [3.05, 3.63) is 65.2 Å². The van der Waals surface area contributed by atoms with Gasteiger partial charge in [-0.25, -0.2) is 13.8 Å². The number of carbonyl (C=O) groups is 1. The van der Waals surface area contributed by atoms with Crippen molar-refractivity contribution in [3.63, 3.8) is 0 Å². The van der Waals surface area contributed by atoms with Gasteiger partial charge in [0.25, 0.3) is 12.3 Å². The van der Waals surface area contributed by atoms with Crippen molar-refractivity contribution in [3.8, 4) is 11.3 Å². The average Bonchev–Trinajstić information content (AvgIpc) is 2.85. The molecule has 0 bridgehead atoms. The number of rotatable bonds is 7. The minimum absolute atomic E-state index is 0.144. The number of aryl methyl sites for hydroxylation is 1. The summed E-state index contributed by atoms with van der Waals surface area (Å²) in [5, 5.41) is 5.89. The molecular weight excluding hydrogens is 440 g/mol. The number of anilines is 3. The number of ether oxygens (including phenoxy) is 1. The number of hydrogen-bond donors (Lipinski definition) is 2. The Labute approximate surface area is 197 Å². The first-order valence-corrected chi connectivity index (χ1v) is 11.2. The summed E-state index contributed by atoms with van der Waals surface area (Å²) in [6, 6.07) is 12.9. The van der Waals surface area contributed by atoms with Crippen LogP contribution in [0.25, 0.3) is 11.3 Å². The molecule has 2 heterocycles. The van der Waals surface area contributed by atoms with Crippen LogP contribution < -0.4 is 15.5 Å². The van der Waals surface area contributed by atoms with Crippen LogP contribution in [0, 0.1) is 6.92 Å². The van der Waals surface area contributed by atoms with E-state index in [9.17, 15) is 13.6 Å². The summed E-state index contributed by atoms with van der Waals surface area (Å²) in [5.74, 6) is 0.920. The molecule has 1 saturated heterocycles. The second-order valence-electron chi connectivity index (χ2n) is 7.97. The molecule has 0 aliphatic carbocycles. The maximum absolute atomic E-state index is 13.0. The lowest BCUT2D eigenvalue weighted by atomic mass is 10.0. The molecule has 7 nitrogen and oxygen atoms in total. The number of aromatic nitrogens is 2.